The van der Waals surface area contributed by atoms with Crippen LogP contribution in [0.5, 0.6) is 0 Å². The van der Waals surface area contributed by atoms with Gasteiger partial charge in [-0.1, -0.05) is 25.1 Å². The average Bonchev–Trinajstić information content (AvgIpc) is 2.72. The molecule has 0 aliphatic heterocycles. The zero-order chi connectivity index (χ0) is 23.1. The number of para-hydroxylation sites is 1. The van der Waals surface area contributed by atoms with Gasteiger partial charge in [-0.15, -0.1) is 0 Å². The molecule has 1 atom stereocenters. The number of hydrogen-bond donors (Lipinski definition) is 2. The lowest BCUT2D eigenvalue weighted by atomic mass is 9.69. The van der Waals surface area contributed by atoms with Crippen LogP contribution in [0, 0.1) is 5.41 Å². The maximum absolute atomic E-state index is 12.9. The van der Waals surface area contributed by atoms with Gasteiger partial charge in [0.2, 0.25) is 0 Å². The molecule has 3 N–H and O–H groups in total. The van der Waals surface area contributed by atoms with Crippen molar-refractivity contribution >= 4 is 21.6 Å². The van der Waals surface area contributed by atoms with Crippen molar-refractivity contribution in [3.05, 3.63) is 54.1 Å². The third kappa shape index (κ3) is 6.49. The van der Waals surface area contributed by atoms with Crippen LogP contribution < -0.4 is 11.1 Å². The van der Waals surface area contributed by atoms with Gasteiger partial charge in [-0.05, 0) is 50.3 Å². The fraction of sp³-hybridized carbons (Fsp3) is 0.476. The van der Waals surface area contributed by atoms with Crippen LogP contribution in [0.15, 0.2) is 54.1 Å². The highest BCUT2D eigenvalue weighted by molar-refractivity contribution is 7.87. The minimum absolute atomic E-state index is 0.0000565. The Morgan fingerprint density at radius 3 is 2.45 bits per heavy atom. The minimum atomic E-state index is -5.72. The van der Waals surface area contributed by atoms with Crippen LogP contribution in [-0.2, 0) is 19.1 Å². The van der Waals surface area contributed by atoms with Crippen LogP contribution in [0.3, 0.4) is 0 Å². The molecule has 1 aromatic carbocycles. The summed E-state index contributed by atoms with van der Waals surface area (Å²) in [6, 6.07) is 9.35. The molecule has 0 fully saturated rings. The Hall–Kier alpha value is -2.49. The molecule has 0 spiro atoms. The van der Waals surface area contributed by atoms with Gasteiger partial charge in [0.05, 0.1) is 0 Å². The third-order valence-corrected chi connectivity index (χ3v) is 6.29. The maximum Gasteiger partial charge on any atom is 0.534 e. The number of hydrogen-bond acceptors (Lipinski definition) is 6. The van der Waals surface area contributed by atoms with Crippen LogP contribution >= 0.6 is 0 Å². The summed E-state index contributed by atoms with van der Waals surface area (Å²) in [7, 11) is -5.72. The monoisotopic (exact) mass is 460 g/mol. The summed E-state index contributed by atoms with van der Waals surface area (Å²) in [4.78, 5) is 12.9. The Morgan fingerprint density at radius 1 is 1.26 bits per heavy atom. The predicted octanol–water partition coefficient (Wildman–Crippen LogP) is 4.97. The molecule has 1 aliphatic rings. The van der Waals surface area contributed by atoms with Gasteiger partial charge in [-0.2, -0.15) is 21.6 Å². The van der Waals surface area contributed by atoms with Crippen molar-refractivity contribution in [2.24, 2.45) is 11.1 Å². The summed E-state index contributed by atoms with van der Waals surface area (Å²) in [5.41, 5.74) is 0.975. The number of rotatable bonds is 10. The molecular weight excluding hydrogens is 433 g/mol. The van der Waals surface area contributed by atoms with E-state index in [1.165, 1.54) is 12.3 Å². The summed E-state index contributed by atoms with van der Waals surface area (Å²) in [6.45, 7) is 1.87. The lowest BCUT2D eigenvalue weighted by Gasteiger charge is -2.35. The van der Waals surface area contributed by atoms with Crippen LogP contribution in [-0.4, -0.2) is 19.7 Å². The number of halogens is 3. The van der Waals surface area contributed by atoms with E-state index in [-0.39, 0.29) is 30.8 Å². The van der Waals surface area contributed by atoms with Gasteiger partial charge in [0.25, 0.3) is 0 Å². The molecule has 31 heavy (non-hydrogen) atoms. The quantitative estimate of drug-likeness (QED) is 0.378. The maximum atomic E-state index is 12.9. The summed E-state index contributed by atoms with van der Waals surface area (Å²) < 4.78 is 64.5. The second-order valence-corrected chi connectivity index (χ2v) is 9.03. The van der Waals surface area contributed by atoms with E-state index in [1.54, 1.807) is 0 Å². The van der Waals surface area contributed by atoms with E-state index in [4.69, 9.17) is 5.73 Å². The zero-order valence-corrected chi connectivity index (χ0v) is 18.1. The number of anilines is 1. The van der Waals surface area contributed by atoms with Crippen molar-refractivity contribution in [3.8, 4) is 0 Å². The first-order valence-electron chi connectivity index (χ1n) is 9.99. The topological polar surface area (TPSA) is 98.5 Å². The van der Waals surface area contributed by atoms with Crippen molar-refractivity contribution in [3.63, 3.8) is 0 Å². The molecule has 0 radical (unpaired) electrons. The smallest absolute Gasteiger partial charge is 0.403 e. The van der Waals surface area contributed by atoms with Crippen LogP contribution in [0.1, 0.15) is 51.9 Å². The van der Waals surface area contributed by atoms with Crippen molar-refractivity contribution < 1.29 is 30.6 Å². The average molecular weight is 461 g/mol. The molecule has 0 heterocycles. The Balaban J connectivity index is 2.13. The van der Waals surface area contributed by atoms with Crippen molar-refractivity contribution in [1.29, 1.82) is 0 Å². The molecule has 1 unspecified atom stereocenters. The van der Waals surface area contributed by atoms with Gasteiger partial charge in [-0.3, -0.25) is 4.79 Å². The number of alkyl halides is 3. The molecule has 0 saturated heterocycles. The highest BCUT2D eigenvalue weighted by atomic mass is 32.2. The van der Waals surface area contributed by atoms with Gasteiger partial charge in [0, 0.05) is 35.8 Å². The van der Waals surface area contributed by atoms with Crippen molar-refractivity contribution in [2.45, 2.75) is 57.4 Å². The third-order valence-electron chi connectivity index (χ3n) is 5.29. The van der Waals surface area contributed by atoms with Gasteiger partial charge in [0.15, 0.2) is 0 Å². The molecule has 0 bridgehead atoms. The first kappa shape index (κ1) is 24.8. The van der Waals surface area contributed by atoms with E-state index in [0.29, 0.717) is 31.4 Å². The first-order chi connectivity index (χ1) is 14.5. The minimum Gasteiger partial charge on any atom is -0.403 e. The molecule has 6 nitrogen and oxygen atoms in total. The van der Waals surface area contributed by atoms with Gasteiger partial charge < -0.3 is 15.2 Å². The number of nitrogens with two attached hydrogens (primary N) is 1. The van der Waals surface area contributed by atoms with Crippen LogP contribution in [0.4, 0.5) is 18.9 Å². The molecule has 0 aromatic heterocycles. The Labute approximate surface area is 180 Å². The standard InChI is InChI=1S/C21H27F3N2O4S/c1-2-6-19(27)20(12-9-17(15-25)26-16-7-4-3-5-8-16)13-10-18(11-14-20)30-31(28,29)21(22,23)24/h3-5,7-8,10,15,26H,2,6,9,11-14,25H2,1H3/b17-15-. The fourth-order valence-corrected chi connectivity index (χ4v) is 4.05. The van der Waals surface area contributed by atoms with E-state index in [0.717, 1.165) is 5.69 Å². The molecule has 0 saturated carbocycles. The van der Waals surface area contributed by atoms with Crippen molar-refractivity contribution in [1.82, 2.24) is 0 Å². The number of nitrogens with one attached hydrogen (secondary N) is 1. The number of ketones is 1. The highest BCUT2D eigenvalue weighted by Gasteiger charge is 2.49. The second kappa shape index (κ2) is 10.2. The van der Waals surface area contributed by atoms with Gasteiger partial charge in [-0.25, -0.2) is 0 Å². The number of benzene rings is 1. The Morgan fingerprint density at radius 2 is 1.94 bits per heavy atom. The molecular formula is C21H27F3N2O4S. The first-order valence-corrected chi connectivity index (χ1v) is 11.4. The summed E-state index contributed by atoms with van der Waals surface area (Å²) in [6.07, 6.45) is 4.79. The zero-order valence-electron chi connectivity index (χ0n) is 17.2. The molecule has 2 rings (SSSR count). The SMILES string of the molecule is CCCC(=O)C1(CC/C(=C/N)Nc2ccccc2)CC=C(OS(=O)(=O)C(F)(F)F)CC1. The predicted molar refractivity (Wildman–Crippen MR) is 112 cm³/mol. The van der Waals surface area contributed by atoms with E-state index >= 15 is 0 Å². The van der Waals surface area contributed by atoms with Crippen LogP contribution in [0.2, 0.25) is 0 Å². The summed E-state index contributed by atoms with van der Waals surface area (Å²) in [5.74, 6) is -0.283. The summed E-state index contributed by atoms with van der Waals surface area (Å²) in [5, 5.41) is 3.19. The van der Waals surface area contributed by atoms with E-state index < -0.39 is 21.0 Å². The number of allylic oxidation sites excluding steroid dienone is 3. The van der Waals surface area contributed by atoms with Gasteiger partial charge >= 0.3 is 15.6 Å². The van der Waals surface area contributed by atoms with Gasteiger partial charge in [0.1, 0.15) is 11.5 Å². The molecule has 1 aromatic rings. The molecule has 0 amide bonds. The van der Waals surface area contributed by atoms with E-state index in [1.807, 2.05) is 37.3 Å². The lowest BCUT2D eigenvalue weighted by molar-refractivity contribution is -0.130. The summed E-state index contributed by atoms with van der Waals surface area (Å²) >= 11 is 0. The highest BCUT2D eigenvalue weighted by Crippen LogP contribution is 2.43. The van der Waals surface area contributed by atoms with Crippen molar-refractivity contribution in [2.75, 3.05) is 5.32 Å². The number of carbonyl (C=O) groups is 1. The molecule has 172 valence electrons. The number of Topliss-reactive ketones (excluding diaryl/α,β-unsaturated/α-hetero) is 1. The Bertz CT molecular complexity index is 928. The largest absolute Gasteiger partial charge is 0.534 e. The fourth-order valence-electron chi connectivity index (χ4n) is 3.52. The van der Waals surface area contributed by atoms with E-state index in [2.05, 4.69) is 9.50 Å². The second-order valence-electron chi connectivity index (χ2n) is 7.49. The number of carbonyl (C=O) groups excluding carboxylic acids is 1. The Kier molecular flexibility index (Phi) is 8.16. The van der Waals surface area contributed by atoms with Crippen LogP contribution in [0.25, 0.3) is 0 Å². The normalized spacial score (nSPS) is 20.1. The van der Waals surface area contributed by atoms with E-state index in [9.17, 15) is 26.4 Å². The lowest BCUT2D eigenvalue weighted by Crippen LogP contribution is -2.34. The molecule has 1 aliphatic carbocycles. The molecule has 10 heteroatoms.